The van der Waals surface area contributed by atoms with Crippen molar-refractivity contribution in [1.82, 2.24) is 9.21 Å². The van der Waals surface area contributed by atoms with Crippen LogP contribution >= 0.6 is 11.9 Å². The number of hydrogen-bond acceptors (Lipinski definition) is 6. The van der Waals surface area contributed by atoms with Crippen molar-refractivity contribution in [2.45, 2.75) is 42.9 Å². The molecule has 1 spiro atoms. The first kappa shape index (κ1) is 20.3. The van der Waals surface area contributed by atoms with Gasteiger partial charge in [0.25, 0.3) is 0 Å². The van der Waals surface area contributed by atoms with Gasteiger partial charge in [-0.1, -0.05) is 0 Å². The zero-order valence-electron chi connectivity index (χ0n) is 16.2. The standard InChI is InChI=1S/C20H28F2N2O3S/c1-23(15-10-20(11-15)13-25-14-20)7-6-17-12-24(8-9-26-17)28-18-4-2-16(3-5-18)27-19(21)22/h2-5,15,17,19H,6-14H2,1H3/t17-/m0/s1. The van der Waals surface area contributed by atoms with Crippen molar-refractivity contribution in [3.8, 4) is 5.75 Å². The lowest BCUT2D eigenvalue weighted by molar-refractivity contribution is -0.182. The van der Waals surface area contributed by atoms with Crippen molar-refractivity contribution in [3.63, 3.8) is 0 Å². The summed E-state index contributed by atoms with van der Waals surface area (Å²) in [6.45, 7) is 2.61. The second-order valence-electron chi connectivity index (χ2n) is 8.15. The highest BCUT2D eigenvalue weighted by Crippen LogP contribution is 2.48. The van der Waals surface area contributed by atoms with Crippen LogP contribution in [-0.2, 0) is 9.47 Å². The minimum atomic E-state index is -2.79. The molecule has 1 aromatic carbocycles. The van der Waals surface area contributed by atoms with Gasteiger partial charge in [-0.05, 0) is 62.5 Å². The molecular formula is C20H28F2N2O3S. The van der Waals surface area contributed by atoms with E-state index in [0.717, 1.165) is 50.8 Å². The fourth-order valence-corrected chi connectivity index (χ4v) is 5.15. The Bertz CT molecular complexity index is 637. The Hall–Kier alpha value is -0.930. The van der Waals surface area contributed by atoms with E-state index in [1.165, 1.54) is 12.8 Å². The fourth-order valence-electron chi connectivity index (χ4n) is 4.19. The second kappa shape index (κ2) is 8.83. The predicted octanol–water partition coefficient (Wildman–Crippen LogP) is 3.50. The summed E-state index contributed by atoms with van der Waals surface area (Å²) in [6.07, 6.45) is 3.78. The number of ether oxygens (including phenoxy) is 3. The molecule has 156 valence electrons. The maximum atomic E-state index is 12.2. The molecule has 2 saturated heterocycles. The largest absolute Gasteiger partial charge is 0.435 e. The molecule has 3 aliphatic rings. The number of benzene rings is 1. The van der Waals surface area contributed by atoms with Crippen molar-refractivity contribution < 1.29 is 23.0 Å². The van der Waals surface area contributed by atoms with Gasteiger partial charge in [0.15, 0.2) is 0 Å². The molecule has 1 aromatic rings. The van der Waals surface area contributed by atoms with E-state index in [0.29, 0.717) is 11.5 Å². The summed E-state index contributed by atoms with van der Waals surface area (Å²) in [4.78, 5) is 3.49. The Kier molecular flexibility index (Phi) is 6.42. The van der Waals surface area contributed by atoms with Crippen LogP contribution < -0.4 is 4.74 Å². The monoisotopic (exact) mass is 414 g/mol. The van der Waals surface area contributed by atoms with E-state index in [1.54, 1.807) is 24.1 Å². The Labute approximate surface area is 169 Å². The molecule has 8 heteroatoms. The molecular weight excluding hydrogens is 386 g/mol. The summed E-state index contributed by atoms with van der Waals surface area (Å²) in [5, 5.41) is 0. The van der Waals surface area contributed by atoms with Gasteiger partial charge >= 0.3 is 6.61 Å². The van der Waals surface area contributed by atoms with Crippen LogP contribution in [0.25, 0.3) is 0 Å². The number of halogens is 2. The molecule has 1 saturated carbocycles. The second-order valence-corrected chi connectivity index (χ2v) is 9.32. The number of hydrogen-bond donors (Lipinski definition) is 0. The summed E-state index contributed by atoms with van der Waals surface area (Å²) in [7, 11) is 2.22. The van der Waals surface area contributed by atoms with Gasteiger partial charge in [-0.15, -0.1) is 0 Å². The third-order valence-corrected chi connectivity index (χ3v) is 7.04. The van der Waals surface area contributed by atoms with Crippen LogP contribution in [0.3, 0.4) is 0 Å². The molecule has 3 fully saturated rings. The topological polar surface area (TPSA) is 34.2 Å². The quantitative estimate of drug-likeness (QED) is 0.606. The molecule has 2 heterocycles. The Morgan fingerprint density at radius 1 is 1.29 bits per heavy atom. The van der Waals surface area contributed by atoms with Gasteiger partial charge in [-0.2, -0.15) is 8.78 Å². The molecule has 0 bridgehead atoms. The lowest BCUT2D eigenvalue weighted by Gasteiger charge is -2.55. The van der Waals surface area contributed by atoms with Crippen LogP contribution in [0.15, 0.2) is 29.2 Å². The van der Waals surface area contributed by atoms with Crippen molar-refractivity contribution in [2.75, 3.05) is 46.5 Å². The molecule has 4 rings (SSSR count). The zero-order chi connectivity index (χ0) is 19.6. The lowest BCUT2D eigenvalue weighted by atomic mass is 9.63. The van der Waals surface area contributed by atoms with Crippen LogP contribution in [0.1, 0.15) is 19.3 Å². The number of morpholine rings is 1. The van der Waals surface area contributed by atoms with E-state index in [4.69, 9.17) is 9.47 Å². The highest BCUT2D eigenvalue weighted by atomic mass is 32.2. The number of nitrogens with zero attached hydrogens (tertiary/aromatic N) is 2. The van der Waals surface area contributed by atoms with Gasteiger partial charge in [-0.25, -0.2) is 4.31 Å². The van der Waals surface area contributed by atoms with Gasteiger partial charge in [0.1, 0.15) is 5.75 Å². The fraction of sp³-hybridized carbons (Fsp3) is 0.700. The summed E-state index contributed by atoms with van der Waals surface area (Å²) in [5.74, 6) is 0.188. The van der Waals surface area contributed by atoms with Crippen LogP contribution in [0.4, 0.5) is 8.78 Å². The molecule has 0 radical (unpaired) electrons. The van der Waals surface area contributed by atoms with Gasteiger partial charge in [0.05, 0.1) is 25.9 Å². The Morgan fingerprint density at radius 3 is 2.68 bits per heavy atom. The van der Waals surface area contributed by atoms with E-state index < -0.39 is 6.61 Å². The highest BCUT2D eigenvalue weighted by molar-refractivity contribution is 7.97. The Morgan fingerprint density at radius 2 is 2.04 bits per heavy atom. The van der Waals surface area contributed by atoms with Crippen LogP contribution in [0.2, 0.25) is 0 Å². The number of rotatable bonds is 8. The van der Waals surface area contributed by atoms with E-state index in [1.807, 2.05) is 12.1 Å². The van der Waals surface area contributed by atoms with Crippen LogP contribution in [0.5, 0.6) is 5.75 Å². The summed E-state index contributed by atoms with van der Waals surface area (Å²) < 4.78 is 42.5. The molecule has 5 nitrogen and oxygen atoms in total. The predicted molar refractivity (Wildman–Crippen MR) is 104 cm³/mol. The van der Waals surface area contributed by atoms with E-state index >= 15 is 0 Å². The van der Waals surface area contributed by atoms with Gasteiger partial charge in [-0.3, -0.25) is 0 Å². The van der Waals surface area contributed by atoms with E-state index in [2.05, 4.69) is 21.0 Å². The van der Waals surface area contributed by atoms with E-state index in [-0.39, 0.29) is 11.9 Å². The van der Waals surface area contributed by atoms with Crippen molar-refractivity contribution in [2.24, 2.45) is 5.41 Å². The van der Waals surface area contributed by atoms with Gasteiger partial charge < -0.3 is 19.1 Å². The molecule has 0 N–H and O–H groups in total. The first-order valence-electron chi connectivity index (χ1n) is 9.89. The van der Waals surface area contributed by atoms with Gasteiger partial charge in [0, 0.05) is 36.0 Å². The lowest BCUT2D eigenvalue weighted by Crippen LogP contribution is -2.59. The molecule has 1 atom stereocenters. The van der Waals surface area contributed by atoms with Crippen molar-refractivity contribution >= 4 is 11.9 Å². The minimum absolute atomic E-state index is 0.188. The van der Waals surface area contributed by atoms with Crippen molar-refractivity contribution in [3.05, 3.63) is 24.3 Å². The summed E-state index contributed by atoms with van der Waals surface area (Å²) in [5.41, 5.74) is 0.504. The molecule has 0 amide bonds. The van der Waals surface area contributed by atoms with Crippen molar-refractivity contribution in [1.29, 1.82) is 0 Å². The average molecular weight is 415 g/mol. The first-order valence-corrected chi connectivity index (χ1v) is 10.7. The van der Waals surface area contributed by atoms with Crippen LogP contribution in [-0.4, -0.2) is 74.5 Å². The third-order valence-electron chi connectivity index (χ3n) is 5.97. The smallest absolute Gasteiger partial charge is 0.387 e. The van der Waals surface area contributed by atoms with E-state index in [9.17, 15) is 8.78 Å². The molecule has 0 aromatic heterocycles. The SMILES string of the molecule is CN(CC[C@H]1CN(Sc2ccc(OC(F)F)cc2)CCO1)C1CC2(COC2)C1. The summed E-state index contributed by atoms with van der Waals surface area (Å²) in [6, 6.07) is 7.49. The Balaban J connectivity index is 1.19. The number of alkyl halides is 2. The third kappa shape index (κ3) is 4.97. The average Bonchev–Trinajstić information content (AvgIpc) is 2.59. The maximum absolute atomic E-state index is 12.2. The summed E-state index contributed by atoms with van der Waals surface area (Å²) >= 11 is 1.65. The first-order chi connectivity index (χ1) is 13.5. The zero-order valence-corrected chi connectivity index (χ0v) is 17.0. The molecule has 1 aliphatic carbocycles. The molecule has 2 aliphatic heterocycles. The van der Waals surface area contributed by atoms with Gasteiger partial charge in [0.2, 0.25) is 0 Å². The van der Waals surface area contributed by atoms with Crippen LogP contribution in [0, 0.1) is 5.41 Å². The normalized spacial score (nSPS) is 25.1. The molecule has 28 heavy (non-hydrogen) atoms. The highest BCUT2D eigenvalue weighted by Gasteiger charge is 2.50. The minimum Gasteiger partial charge on any atom is -0.435 e. The molecule has 0 unspecified atom stereocenters. The maximum Gasteiger partial charge on any atom is 0.387 e.